The maximum Gasteiger partial charge on any atom is 0.253 e. The van der Waals surface area contributed by atoms with E-state index in [0.29, 0.717) is 24.2 Å². The number of aromatic nitrogens is 6. The minimum Gasteiger partial charge on any atom is -0.352 e. The first-order valence-corrected chi connectivity index (χ1v) is 8.90. The summed E-state index contributed by atoms with van der Waals surface area (Å²) in [6.07, 6.45) is 3.58. The fourth-order valence-electron chi connectivity index (χ4n) is 3.00. The Hall–Kier alpha value is -3.81. The third kappa shape index (κ3) is 3.52. The normalized spacial score (nSPS) is 10.8. The van der Waals surface area contributed by atoms with Crippen LogP contribution in [0.2, 0.25) is 0 Å². The molecule has 8 nitrogen and oxygen atoms in total. The lowest BCUT2D eigenvalue weighted by molar-refractivity contribution is 0.0953. The smallest absolute Gasteiger partial charge is 0.253 e. The molecule has 0 spiro atoms. The predicted octanol–water partition coefficient (Wildman–Crippen LogP) is 2.04. The van der Waals surface area contributed by atoms with Crippen molar-refractivity contribution in [2.45, 2.75) is 6.42 Å². The number of hydrogen-bond donors (Lipinski definition) is 1. The van der Waals surface area contributed by atoms with Gasteiger partial charge in [0, 0.05) is 25.6 Å². The van der Waals surface area contributed by atoms with Crippen LogP contribution >= 0.6 is 0 Å². The van der Waals surface area contributed by atoms with Crippen molar-refractivity contribution in [1.82, 2.24) is 34.8 Å². The van der Waals surface area contributed by atoms with Crippen LogP contribution in [0.1, 0.15) is 16.2 Å². The summed E-state index contributed by atoms with van der Waals surface area (Å²) in [6, 6.07) is 17.2. The summed E-state index contributed by atoms with van der Waals surface area (Å²) in [5.74, 6) is 1.44. The highest BCUT2D eigenvalue weighted by molar-refractivity contribution is 5.97. The molecular weight excluding hydrogens is 354 g/mol. The monoisotopic (exact) mass is 373 g/mol. The molecular formula is C20H19N7O. The number of nitrogens with one attached hydrogen (secondary N) is 1. The maximum absolute atomic E-state index is 12.6. The minimum absolute atomic E-state index is 0.170. The first-order chi connectivity index (χ1) is 13.7. The Morgan fingerprint density at radius 2 is 1.82 bits per heavy atom. The Labute approximate surface area is 161 Å². The molecule has 0 fully saturated rings. The molecule has 0 saturated heterocycles. The SMILES string of the molecule is Cn1c(CCNC(=O)c2ccccc2-n2cncn2)nnc1-c1ccccc1. The fourth-order valence-corrected chi connectivity index (χ4v) is 3.00. The third-order valence-electron chi connectivity index (χ3n) is 4.45. The van der Waals surface area contributed by atoms with E-state index in [0.717, 1.165) is 17.2 Å². The molecule has 28 heavy (non-hydrogen) atoms. The number of benzene rings is 2. The van der Waals surface area contributed by atoms with Gasteiger partial charge in [-0.25, -0.2) is 9.67 Å². The fraction of sp³-hybridized carbons (Fsp3) is 0.150. The molecule has 0 unspecified atom stereocenters. The topological polar surface area (TPSA) is 90.5 Å². The first-order valence-electron chi connectivity index (χ1n) is 8.90. The van der Waals surface area contributed by atoms with Gasteiger partial charge in [0.1, 0.15) is 18.5 Å². The molecule has 0 aliphatic rings. The van der Waals surface area contributed by atoms with Gasteiger partial charge in [0.15, 0.2) is 5.82 Å². The first kappa shape index (κ1) is 17.6. The van der Waals surface area contributed by atoms with Crippen molar-refractivity contribution in [3.8, 4) is 17.1 Å². The molecule has 0 aliphatic carbocycles. The summed E-state index contributed by atoms with van der Waals surface area (Å²) >= 11 is 0. The molecule has 140 valence electrons. The maximum atomic E-state index is 12.6. The molecule has 0 atom stereocenters. The van der Waals surface area contributed by atoms with Crippen LogP contribution in [0.4, 0.5) is 0 Å². The van der Waals surface area contributed by atoms with Crippen LogP contribution in [0.3, 0.4) is 0 Å². The van der Waals surface area contributed by atoms with Crippen LogP contribution in [-0.4, -0.2) is 42.0 Å². The second kappa shape index (κ2) is 7.83. The summed E-state index contributed by atoms with van der Waals surface area (Å²) in [4.78, 5) is 16.6. The summed E-state index contributed by atoms with van der Waals surface area (Å²) in [5.41, 5.74) is 2.23. The molecule has 2 aromatic carbocycles. The van der Waals surface area contributed by atoms with E-state index in [-0.39, 0.29) is 5.91 Å². The molecule has 4 rings (SSSR count). The van der Waals surface area contributed by atoms with Crippen molar-refractivity contribution in [2.75, 3.05) is 6.54 Å². The Morgan fingerprint density at radius 3 is 2.61 bits per heavy atom. The highest BCUT2D eigenvalue weighted by atomic mass is 16.1. The van der Waals surface area contributed by atoms with Crippen LogP contribution in [0.25, 0.3) is 17.1 Å². The van der Waals surface area contributed by atoms with Gasteiger partial charge in [-0.3, -0.25) is 4.79 Å². The zero-order valence-electron chi connectivity index (χ0n) is 15.4. The van der Waals surface area contributed by atoms with E-state index in [9.17, 15) is 4.79 Å². The van der Waals surface area contributed by atoms with E-state index in [4.69, 9.17) is 0 Å². The van der Waals surface area contributed by atoms with Gasteiger partial charge < -0.3 is 9.88 Å². The van der Waals surface area contributed by atoms with Crippen molar-refractivity contribution < 1.29 is 4.79 Å². The number of rotatable bonds is 6. The number of nitrogens with zero attached hydrogens (tertiary/aromatic N) is 6. The summed E-state index contributed by atoms with van der Waals surface area (Å²) in [5, 5.41) is 15.6. The van der Waals surface area contributed by atoms with E-state index in [1.165, 1.54) is 6.33 Å². The summed E-state index contributed by atoms with van der Waals surface area (Å²) < 4.78 is 3.52. The van der Waals surface area contributed by atoms with Crippen molar-refractivity contribution in [1.29, 1.82) is 0 Å². The lowest BCUT2D eigenvalue weighted by Gasteiger charge is -2.10. The molecule has 4 aromatic rings. The number of amides is 1. The van der Waals surface area contributed by atoms with E-state index < -0.39 is 0 Å². The Morgan fingerprint density at radius 1 is 1.04 bits per heavy atom. The predicted molar refractivity (Wildman–Crippen MR) is 104 cm³/mol. The quantitative estimate of drug-likeness (QED) is 0.558. The van der Waals surface area contributed by atoms with E-state index in [1.54, 1.807) is 17.1 Å². The van der Waals surface area contributed by atoms with Gasteiger partial charge in [0.2, 0.25) is 0 Å². The van der Waals surface area contributed by atoms with Crippen LogP contribution in [0.15, 0.2) is 67.3 Å². The van der Waals surface area contributed by atoms with Crippen molar-refractivity contribution in [2.24, 2.45) is 7.05 Å². The number of carbonyl (C=O) groups excluding carboxylic acids is 1. The Kier molecular flexibility index (Phi) is 4.92. The summed E-state index contributed by atoms with van der Waals surface area (Å²) in [6.45, 7) is 0.450. The zero-order chi connectivity index (χ0) is 19.3. The number of hydrogen-bond acceptors (Lipinski definition) is 5. The number of carbonyl (C=O) groups is 1. The van der Waals surface area contributed by atoms with Crippen molar-refractivity contribution >= 4 is 5.91 Å². The van der Waals surface area contributed by atoms with Crippen molar-refractivity contribution in [3.05, 3.63) is 78.6 Å². The van der Waals surface area contributed by atoms with Gasteiger partial charge in [0.05, 0.1) is 11.3 Å². The molecule has 1 N–H and O–H groups in total. The molecule has 1 amide bonds. The van der Waals surface area contributed by atoms with E-state index >= 15 is 0 Å². The van der Waals surface area contributed by atoms with Crippen LogP contribution in [-0.2, 0) is 13.5 Å². The van der Waals surface area contributed by atoms with E-state index in [1.807, 2.05) is 60.1 Å². The molecule has 2 heterocycles. The largest absolute Gasteiger partial charge is 0.352 e. The van der Waals surface area contributed by atoms with Crippen LogP contribution < -0.4 is 5.32 Å². The molecule has 8 heteroatoms. The lowest BCUT2D eigenvalue weighted by Crippen LogP contribution is -2.27. The van der Waals surface area contributed by atoms with Gasteiger partial charge in [-0.15, -0.1) is 10.2 Å². The van der Waals surface area contributed by atoms with Gasteiger partial charge in [-0.2, -0.15) is 5.10 Å². The molecule has 0 bridgehead atoms. The number of para-hydroxylation sites is 1. The highest BCUT2D eigenvalue weighted by Crippen LogP contribution is 2.17. The zero-order valence-corrected chi connectivity index (χ0v) is 15.4. The molecule has 0 radical (unpaired) electrons. The average Bonchev–Trinajstić information content (AvgIpc) is 3.39. The second-order valence-corrected chi connectivity index (χ2v) is 6.23. The standard InChI is InChI=1S/C20H19N7O/c1-26-18(24-25-19(26)15-7-3-2-4-8-15)11-12-22-20(28)16-9-5-6-10-17(16)27-14-21-13-23-27/h2-10,13-14H,11-12H2,1H3,(H,22,28). The van der Waals surface area contributed by atoms with E-state index in [2.05, 4.69) is 25.6 Å². The van der Waals surface area contributed by atoms with Gasteiger partial charge in [-0.05, 0) is 12.1 Å². The van der Waals surface area contributed by atoms with Crippen LogP contribution in [0.5, 0.6) is 0 Å². The average molecular weight is 373 g/mol. The van der Waals surface area contributed by atoms with Crippen LogP contribution in [0, 0.1) is 0 Å². The molecule has 2 aromatic heterocycles. The molecule has 0 aliphatic heterocycles. The minimum atomic E-state index is -0.170. The lowest BCUT2D eigenvalue weighted by atomic mass is 10.1. The second-order valence-electron chi connectivity index (χ2n) is 6.23. The summed E-state index contributed by atoms with van der Waals surface area (Å²) in [7, 11) is 1.93. The van der Waals surface area contributed by atoms with Crippen molar-refractivity contribution in [3.63, 3.8) is 0 Å². The Balaban J connectivity index is 1.43. The Bertz CT molecular complexity index is 1070. The van der Waals surface area contributed by atoms with Gasteiger partial charge in [0.25, 0.3) is 5.91 Å². The van der Waals surface area contributed by atoms with Gasteiger partial charge in [-0.1, -0.05) is 42.5 Å². The third-order valence-corrected chi connectivity index (χ3v) is 4.45. The highest BCUT2D eigenvalue weighted by Gasteiger charge is 2.14. The van der Waals surface area contributed by atoms with Gasteiger partial charge >= 0.3 is 0 Å². The molecule has 0 saturated carbocycles.